The molecule has 0 spiro atoms. The molecule has 0 aromatic carbocycles. The number of rotatable bonds is 5. The van der Waals surface area contributed by atoms with Gasteiger partial charge < -0.3 is 11.1 Å². The van der Waals surface area contributed by atoms with Gasteiger partial charge in [0.1, 0.15) is 0 Å². The molecule has 1 amide bonds. The van der Waals surface area contributed by atoms with Crippen molar-refractivity contribution in [3.63, 3.8) is 0 Å². The lowest BCUT2D eigenvalue weighted by Crippen LogP contribution is -2.49. The Hall–Kier alpha value is -0.870. The van der Waals surface area contributed by atoms with E-state index in [-0.39, 0.29) is 18.0 Å². The van der Waals surface area contributed by atoms with Gasteiger partial charge in [-0.1, -0.05) is 6.08 Å². The van der Waals surface area contributed by atoms with E-state index in [1.165, 1.54) is 0 Å². The minimum atomic E-state index is -0.0519. The summed E-state index contributed by atoms with van der Waals surface area (Å²) < 4.78 is 0. The van der Waals surface area contributed by atoms with Crippen molar-refractivity contribution >= 4 is 5.91 Å². The van der Waals surface area contributed by atoms with E-state index < -0.39 is 0 Å². The van der Waals surface area contributed by atoms with Gasteiger partial charge in [-0.05, 0) is 45.7 Å². The fourth-order valence-electron chi connectivity index (χ4n) is 2.32. The molecule has 1 aliphatic heterocycles. The van der Waals surface area contributed by atoms with Crippen molar-refractivity contribution in [1.29, 1.82) is 0 Å². The molecule has 2 unspecified atom stereocenters. The van der Waals surface area contributed by atoms with Crippen LogP contribution in [0, 0.1) is 5.92 Å². The first-order chi connectivity index (χ1) is 8.06. The first-order valence-corrected chi connectivity index (χ1v) is 6.44. The van der Waals surface area contributed by atoms with Gasteiger partial charge in [-0.15, -0.1) is 6.58 Å². The molecule has 4 heteroatoms. The summed E-state index contributed by atoms with van der Waals surface area (Å²) in [5.41, 5.74) is 5.91. The Balaban J connectivity index is 2.37. The van der Waals surface area contributed by atoms with Gasteiger partial charge in [0.2, 0.25) is 5.91 Å². The summed E-state index contributed by atoms with van der Waals surface area (Å²) in [5, 5.41) is 2.84. The van der Waals surface area contributed by atoms with E-state index >= 15 is 0 Å². The van der Waals surface area contributed by atoms with E-state index in [0.29, 0.717) is 12.5 Å². The summed E-state index contributed by atoms with van der Waals surface area (Å²) in [6, 6.07) is 0.214. The first kappa shape index (κ1) is 14.2. The second-order valence-electron chi connectivity index (χ2n) is 4.94. The third kappa shape index (κ3) is 4.13. The van der Waals surface area contributed by atoms with E-state index in [1.807, 2.05) is 6.92 Å². The molecule has 1 rings (SSSR count). The van der Waals surface area contributed by atoms with Crippen LogP contribution in [0.5, 0.6) is 0 Å². The van der Waals surface area contributed by atoms with Crippen molar-refractivity contribution in [2.24, 2.45) is 11.7 Å². The van der Waals surface area contributed by atoms with Crippen molar-refractivity contribution in [1.82, 2.24) is 10.2 Å². The number of hydrogen-bond donors (Lipinski definition) is 2. The predicted octanol–water partition coefficient (Wildman–Crippen LogP) is 0.736. The highest BCUT2D eigenvalue weighted by Crippen LogP contribution is 2.20. The van der Waals surface area contributed by atoms with Crippen molar-refractivity contribution in [3.8, 4) is 0 Å². The van der Waals surface area contributed by atoms with E-state index in [9.17, 15) is 4.79 Å². The average molecular weight is 239 g/mol. The van der Waals surface area contributed by atoms with Crippen molar-refractivity contribution < 1.29 is 4.79 Å². The molecule has 3 N–H and O–H groups in total. The fourth-order valence-corrected chi connectivity index (χ4v) is 2.32. The number of nitrogens with one attached hydrogen (secondary N) is 1. The lowest BCUT2D eigenvalue weighted by atomic mass is 9.90. The molecule has 4 nitrogen and oxygen atoms in total. The molecule has 1 saturated heterocycles. The molecule has 17 heavy (non-hydrogen) atoms. The minimum Gasteiger partial charge on any atom is -0.351 e. The lowest BCUT2D eigenvalue weighted by molar-refractivity contribution is -0.126. The molecular weight excluding hydrogens is 214 g/mol. The first-order valence-electron chi connectivity index (χ1n) is 6.44. The largest absolute Gasteiger partial charge is 0.351 e. The Morgan fingerprint density at radius 2 is 2.12 bits per heavy atom. The van der Waals surface area contributed by atoms with E-state index in [2.05, 4.69) is 23.7 Å². The van der Waals surface area contributed by atoms with Crippen LogP contribution in [0.4, 0.5) is 0 Å². The second-order valence-corrected chi connectivity index (χ2v) is 4.94. The maximum absolute atomic E-state index is 11.8. The Kier molecular flexibility index (Phi) is 5.65. The van der Waals surface area contributed by atoms with Crippen LogP contribution >= 0.6 is 0 Å². The fraction of sp³-hybridized carbons (Fsp3) is 0.769. The Morgan fingerprint density at radius 3 is 2.59 bits per heavy atom. The maximum atomic E-state index is 11.8. The average Bonchev–Trinajstić information content (AvgIpc) is 2.35. The molecule has 1 fully saturated rings. The van der Waals surface area contributed by atoms with Crippen molar-refractivity contribution in [2.75, 3.05) is 19.6 Å². The van der Waals surface area contributed by atoms with Crippen molar-refractivity contribution in [2.45, 2.75) is 38.8 Å². The van der Waals surface area contributed by atoms with Crippen LogP contribution in [0.1, 0.15) is 26.7 Å². The molecule has 0 aromatic heterocycles. The molecule has 0 aliphatic carbocycles. The molecule has 0 aromatic rings. The third-order valence-electron chi connectivity index (χ3n) is 3.67. The van der Waals surface area contributed by atoms with Gasteiger partial charge in [-0.25, -0.2) is 0 Å². The zero-order valence-electron chi connectivity index (χ0n) is 11.0. The van der Waals surface area contributed by atoms with Crippen LogP contribution in [0.15, 0.2) is 12.7 Å². The summed E-state index contributed by atoms with van der Waals surface area (Å²) in [6.07, 6.45) is 3.89. The zero-order valence-corrected chi connectivity index (χ0v) is 11.0. The van der Waals surface area contributed by atoms with Gasteiger partial charge in [0.25, 0.3) is 0 Å². The quantitative estimate of drug-likeness (QED) is 0.696. The standard InChI is InChI=1S/C13H25N3O/c1-4-7-15-13(17)11(3)16-8-5-12(6-9-16)10(2)14/h4,10-12H,1,5-9,14H2,2-3H3,(H,15,17). The molecular formula is C13H25N3O. The minimum absolute atomic E-state index is 0.0519. The molecule has 1 heterocycles. The number of carbonyl (C=O) groups is 1. The summed E-state index contributed by atoms with van der Waals surface area (Å²) >= 11 is 0. The van der Waals surface area contributed by atoms with E-state index in [0.717, 1.165) is 25.9 Å². The smallest absolute Gasteiger partial charge is 0.237 e. The maximum Gasteiger partial charge on any atom is 0.237 e. The Labute approximate surface area is 104 Å². The number of carbonyl (C=O) groups excluding carboxylic acids is 1. The number of amides is 1. The SMILES string of the molecule is C=CCNC(=O)C(C)N1CCC(C(C)N)CC1. The van der Waals surface area contributed by atoms with Crippen LogP contribution in [-0.4, -0.2) is 42.5 Å². The zero-order chi connectivity index (χ0) is 12.8. The second kappa shape index (κ2) is 6.77. The highest BCUT2D eigenvalue weighted by atomic mass is 16.2. The molecule has 0 radical (unpaired) electrons. The Bertz CT molecular complexity index is 257. The number of nitrogens with zero attached hydrogens (tertiary/aromatic N) is 1. The van der Waals surface area contributed by atoms with Crippen molar-refractivity contribution in [3.05, 3.63) is 12.7 Å². The van der Waals surface area contributed by atoms with Crippen LogP contribution < -0.4 is 11.1 Å². The summed E-state index contributed by atoms with van der Waals surface area (Å²) in [5.74, 6) is 0.693. The molecule has 0 saturated carbocycles. The number of piperidine rings is 1. The summed E-state index contributed by atoms with van der Waals surface area (Å²) in [4.78, 5) is 14.0. The normalized spacial score (nSPS) is 21.8. The summed E-state index contributed by atoms with van der Waals surface area (Å²) in [7, 11) is 0. The molecule has 0 bridgehead atoms. The lowest BCUT2D eigenvalue weighted by Gasteiger charge is -2.36. The Morgan fingerprint density at radius 1 is 1.53 bits per heavy atom. The topological polar surface area (TPSA) is 58.4 Å². The van der Waals surface area contributed by atoms with Gasteiger partial charge in [-0.2, -0.15) is 0 Å². The molecule has 98 valence electrons. The van der Waals surface area contributed by atoms with Crippen LogP contribution in [-0.2, 0) is 4.79 Å². The van der Waals surface area contributed by atoms with E-state index in [1.54, 1.807) is 6.08 Å². The highest BCUT2D eigenvalue weighted by molar-refractivity contribution is 5.81. The van der Waals surface area contributed by atoms with Crippen LogP contribution in [0.25, 0.3) is 0 Å². The predicted molar refractivity (Wildman–Crippen MR) is 70.6 cm³/mol. The third-order valence-corrected chi connectivity index (χ3v) is 3.67. The van der Waals surface area contributed by atoms with E-state index in [4.69, 9.17) is 5.73 Å². The van der Waals surface area contributed by atoms with Gasteiger partial charge in [-0.3, -0.25) is 9.69 Å². The van der Waals surface area contributed by atoms with Gasteiger partial charge in [0, 0.05) is 12.6 Å². The van der Waals surface area contributed by atoms with Crippen LogP contribution in [0.2, 0.25) is 0 Å². The molecule has 1 aliphatic rings. The number of nitrogens with two attached hydrogens (primary N) is 1. The monoisotopic (exact) mass is 239 g/mol. The number of likely N-dealkylation sites (tertiary alicyclic amines) is 1. The number of hydrogen-bond acceptors (Lipinski definition) is 3. The van der Waals surface area contributed by atoms with Gasteiger partial charge in [0.15, 0.2) is 0 Å². The van der Waals surface area contributed by atoms with Crippen LogP contribution in [0.3, 0.4) is 0 Å². The molecule has 2 atom stereocenters. The highest BCUT2D eigenvalue weighted by Gasteiger charge is 2.27. The summed E-state index contributed by atoms with van der Waals surface area (Å²) in [6.45, 7) is 10.1. The van der Waals surface area contributed by atoms with Gasteiger partial charge >= 0.3 is 0 Å². The van der Waals surface area contributed by atoms with Gasteiger partial charge in [0.05, 0.1) is 6.04 Å².